The Balaban J connectivity index is 2.07. The Bertz CT molecular complexity index is 626. The molecule has 0 aromatic heterocycles. The highest BCUT2D eigenvalue weighted by Crippen LogP contribution is 2.20. The van der Waals surface area contributed by atoms with Crippen LogP contribution in [0.2, 0.25) is 0 Å². The van der Waals surface area contributed by atoms with Gasteiger partial charge >= 0.3 is 0 Å². The highest BCUT2D eigenvalue weighted by molar-refractivity contribution is 6.06. The van der Waals surface area contributed by atoms with Crippen LogP contribution < -0.4 is 5.32 Å². The van der Waals surface area contributed by atoms with Crippen molar-refractivity contribution in [3.63, 3.8) is 0 Å². The zero-order valence-electron chi connectivity index (χ0n) is 12.8. The summed E-state index contributed by atoms with van der Waals surface area (Å²) in [4.78, 5) is 16.4. The van der Waals surface area contributed by atoms with E-state index in [2.05, 4.69) is 10.2 Å². The van der Waals surface area contributed by atoms with Gasteiger partial charge in [0.15, 0.2) is 0 Å². The number of phenols is 1. The molecule has 6 nitrogen and oxygen atoms in total. The minimum Gasteiger partial charge on any atom is -0.508 e. The van der Waals surface area contributed by atoms with Gasteiger partial charge in [-0.1, -0.05) is 0 Å². The Morgan fingerprint density at radius 2 is 2.05 bits per heavy atom. The molecule has 6 heteroatoms. The van der Waals surface area contributed by atoms with Crippen LogP contribution in [0, 0.1) is 18.3 Å². The molecule has 0 atom stereocenters. The van der Waals surface area contributed by atoms with Gasteiger partial charge in [-0.2, -0.15) is 5.26 Å². The summed E-state index contributed by atoms with van der Waals surface area (Å²) in [6.45, 7) is 5.20. The van der Waals surface area contributed by atoms with Crippen molar-refractivity contribution in [2.75, 3.05) is 38.5 Å². The molecule has 1 heterocycles. The van der Waals surface area contributed by atoms with Crippen LogP contribution in [0.3, 0.4) is 0 Å². The largest absolute Gasteiger partial charge is 0.508 e. The van der Waals surface area contributed by atoms with Crippen LogP contribution in [0.15, 0.2) is 30.0 Å². The third-order valence-electron chi connectivity index (χ3n) is 3.67. The number of carbonyl (C=O) groups is 1. The van der Waals surface area contributed by atoms with Crippen LogP contribution in [0.4, 0.5) is 5.69 Å². The molecule has 22 heavy (non-hydrogen) atoms. The van der Waals surface area contributed by atoms with Gasteiger partial charge in [0.25, 0.3) is 5.91 Å². The Morgan fingerprint density at radius 3 is 2.64 bits per heavy atom. The van der Waals surface area contributed by atoms with E-state index in [9.17, 15) is 15.2 Å². The highest BCUT2D eigenvalue weighted by atomic mass is 16.3. The second kappa shape index (κ2) is 6.96. The number of nitrogens with zero attached hydrogens (tertiary/aromatic N) is 3. The fourth-order valence-electron chi connectivity index (χ4n) is 2.25. The van der Waals surface area contributed by atoms with Gasteiger partial charge in [0.2, 0.25) is 0 Å². The second-order valence-corrected chi connectivity index (χ2v) is 5.45. The fraction of sp³-hybridized carbons (Fsp3) is 0.375. The van der Waals surface area contributed by atoms with Gasteiger partial charge in [-0.05, 0) is 37.7 Å². The van der Waals surface area contributed by atoms with Crippen molar-refractivity contribution in [3.8, 4) is 11.8 Å². The van der Waals surface area contributed by atoms with Gasteiger partial charge < -0.3 is 20.2 Å². The average Bonchev–Trinajstić information content (AvgIpc) is 2.49. The van der Waals surface area contributed by atoms with Gasteiger partial charge in [-0.15, -0.1) is 0 Å². The molecule has 1 aliphatic rings. The number of nitriles is 1. The van der Waals surface area contributed by atoms with Crippen molar-refractivity contribution in [1.29, 1.82) is 5.26 Å². The predicted molar refractivity (Wildman–Crippen MR) is 84.2 cm³/mol. The topological polar surface area (TPSA) is 79.6 Å². The van der Waals surface area contributed by atoms with E-state index in [4.69, 9.17) is 0 Å². The number of piperazine rings is 1. The minimum atomic E-state index is -0.435. The third kappa shape index (κ3) is 3.99. The van der Waals surface area contributed by atoms with Crippen molar-refractivity contribution < 1.29 is 9.90 Å². The summed E-state index contributed by atoms with van der Waals surface area (Å²) in [6.07, 6.45) is 1.62. The van der Waals surface area contributed by atoms with E-state index in [0.29, 0.717) is 5.69 Å². The van der Waals surface area contributed by atoms with Crippen LogP contribution in [-0.4, -0.2) is 54.0 Å². The van der Waals surface area contributed by atoms with Crippen LogP contribution in [-0.2, 0) is 4.79 Å². The summed E-state index contributed by atoms with van der Waals surface area (Å²) in [5.74, 6) is -0.292. The summed E-state index contributed by atoms with van der Waals surface area (Å²) >= 11 is 0. The van der Waals surface area contributed by atoms with E-state index in [-0.39, 0.29) is 11.3 Å². The monoisotopic (exact) mass is 300 g/mol. The van der Waals surface area contributed by atoms with E-state index in [1.54, 1.807) is 25.3 Å². The molecule has 1 aromatic rings. The smallest absolute Gasteiger partial charge is 0.267 e. The second-order valence-electron chi connectivity index (χ2n) is 5.45. The van der Waals surface area contributed by atoms with E-state index >= 15 is 0 Å². The first-order valence-electron chi connectivity index (χ1n) is 7.15. The lowest BCUT2D eigenvalue weighted by Crippen LogP contribution is -2.42. The first-order valence-corrected chi connectivity index (χ1v) is 7.15. The SMILES string of the molecule is Cc1cc(O)ccc1NC(=O)/C(C#N)=C\N1CCN(C)CC1. The van der Waals surface area contributed by atoms with Gasteiger partial charge in [0.1, 0.15) is 17.4 Å². The number of phenolic OH excluding ortho intramolecular Hbond substituents is 1. The molecular weight excluding hydrogens is 280 g/mol. The summed E-state index contributed by atoms with van der Waals surface area (Å²) in [6, 6.07) is 6.63. The summed E-state index contributed by atoms with van der Waals surface area (Å²) in [5.41, 5.74) is 1.41. The van der Waals surface area contributed by atoms with Gasteiger partial charge in [-0.3, -0.25) is 4.79 Å². The van der Waals surface area contributed by atoms with Crippen LogP contribution in [0.5, 0.6) is 5.75 Å². The molecular formula is C16H20N4O2. The molecule has 1 amide bonds. The maximum atomic E-state index is 12.2. The van der Waals surface area contributed by atoms with E-state index in [0.717, 1.165) is 31.7 Å². The maximum absolute atomic E-state index is 12.2. The van der Waals surface area contributed by atoms with Gasteiger partial charge in [-0.25, -0.2) is 0 Å². The zero-order valence-corrected chi connectivity index (χ0v) is 12.8. The number of likely N-dealkylation sites (N-methyl/N-ethyl adjacent to an activating group) is 1. The first-order chi connectivity index (χ1) is 10.5. The molecule has 0 radical (unpaired) electrons. The van der Waals surface area contributed by atoms with Gasteiger partial charge in [0, 0.05) is 38.1 Å². The molecule has 1 saturated heterocycles. The molecule has 116 valence electrons. The minimum absolute atomic E-state index is 0.0806. The molecule has 2 rings (SSSR count). The molecule has 1 fully saturated rings. The molecule has 0 spiro atoms. The molecule has 1 aliphatic heterocycles. The van der Waals surface area contributed by atoms with Crippen molar-refractivity contribution in [1.82, 2.24) is 9.80 Å². The van der Waals surface area contributed by atoms with E-state index in [1.165, 1.54) is 6.07 Å². The standard InChI is InChI=1S/C16H20N4O2/c1-12-9-14(21)3-4-15(12)18-16(22)13(10-17)11-20-7-5-19(2)6-8-20/h3-4,9,11,21H,5-8H2,1-2H3,(H,18,22)/b13-11-. The first kappa shape index (κ1) is 15.9. The number of amides is 1. The lowest BCUT2D eigenvalue weighted by atomic mass is 10.1. The fourth-order valence-corrected chi connectivity index (χ4v) is 2.25. The van der Waals surface area contributed by atoms with Crippen molar-refractivity contribution in [2.45, 2.75) is 6.92 Å². The Morgan fingerprint density at radius 1 is 1.36 bits per heavy atom. The van der Waals surface area contributed by atoms with E-state index in [1.807, 2.05) is 18.0 Å². The average molecular weight is 300 g/mol. The number of nitrogens with one attached hydrogen (secondary N) is 1. The third-order valence-corrected chi connectivity index (χ3v) is 3.67. The predicted octanol–water partition coefficient (Wildman–Crippen LogP) is 1.29. The van der Waals surface area contributed by atoms with Gasteiger partial charge in [0.05, 0.1) is 0 Å². The highest BCUT2D eigenvalue weighted by Gasteiger charge is 2.15. The number of hydrogen-bond acceptors (Lipinski definition) is 5. The van der Waals surface area contributed by atoms with Crippen molar-refractivity contribution in [3.05, 3.63) is 35.5 Å². The molecule has 0 bridgehead atoms. The molecule has 2 N–H and O–H groups in total. The maximum Gasteiger partial charge on any atom is 0.267 e. The number of aryl methyl sites for hydroxylation is 1. The number of hydrogen-bond donors (Lipinski definition) is 2. The van der Waals surface area contributed by atoms with Crippen molar-refractivity contribution in [2.24, 2.45) is 0 Å². The summed E-state index contributed by atoms with van der Waals surface area (Å²) in [7, 11) is 2.05. The van der Waals surface area contributed by atoms with Crippen LogP contribution in [0.1, 0.15) is 5.56 Å². The quantitative estimate of drug-likeness (QED) is 0.499. The number of rotatable bonds is 3. The Kier molecular flexibility index (Phi) is 5.02. The molecule has 1 aromatic carbocycles. The summed E-state index contributed by atoms with van der Waals surface area (Å²) in [5, 5.41) is 21.3. The number of benzene rings is 1. The molecule has 0 unspecified atom stereocenters. The summed E-state index contributed by atoms with van der Waals surface area (Å²) < 4.78 is 0. The van der Waals surface area contributed by atoms with Crippen LogP contribution in [0.25, 0.3) is 0 Å². The Hall–Kier alpha value is -2.52. The van der Waals surface area contributed by atoms with Crippen molar-refractivity contribution >= 4 is 11.6 Å². The molecule has 0 saturated carbocycles. The van der Waals surface area contributed by atoms with E-state index < -0.39 is 5.91 Å². The number of anilines is 1. The lowest BCUT2D eigenvalue weighted by molar-refractivity contribution is -0.112. The number of aromatic hydroxyl groups is 1. The number of carbonyl (C=O) groups excluding carboxylic acids is 1. The zero-order chi connectivity index (χ0) is 16.1. The lowest BCUT2D eigenvalue weighted by Gasteiger charge is -2.31. The molecule has 0 aliphatic carbocycles. The normalized spacial score (nSPS) is 16.2. The Labute approximate surface area is 130 Å². The van der Waals surface area contributed by atoms with Crippen LogP contribution >= 0.6 is 0 Å².